The summed E-state index contributed by atoms with van der Waals surface area (Å²) >= 11 is 0. The van der Waals surface area contributed by atoms with Gasteiger partial charge in [-0.25, -0.2) is 10.1 Å². The summed E-state index contributed by atoms with van der Waals surface area (Å²) in [4.78, 5) is 15.4. The molecule has 1 fully saturated rings. The summed E-state index contributed by atoms with van der Waals surface area (Å²) in [7, 11) is 0. The van der Waals surface area contributed by atoms with Crippen LogP contribution in [0.2, 0.25) is 0 Å². The van der Waals surface area contributed by atoms with Crippen LogP contribution in [-0.2, 0) is 23.9 Å². The molecule has 0 aromatic rings. The van der Waals surface area contributed by atoms with Crippen LogP contribution in [0.4, 0.5) is 0 Å². The topological polar surface area (TPSA) is 74.2 Å². The normalized spacial score (nSPS) is 22.7. The van der Waals surface area contributed by atoms with Gasteiger partial charge in [0.05, 0.1) is 19.3 Å². The van der Waals surface area contributed by atoms with E-state index in [1.54, 1.807) is 0 Å². The summed E-state index contributed by atoms with van der Waals surface area (Å²) in [6, 6.07) is 0. The molecule has 0 amide bonds. The van der Waals surface area contributed by atoms with Crippen LogP contribution in [0.1, 0.15) is 40.5 Å². The maximum absolute atomic E-state index is 11.1. The van der Waals surface area contributed by atoms with Gasteiger partial charge in [0, 0.05) is 18.3 Å². The van der Waals surface area contributed by atoms with E-state index in [0.717, 1.165) is 6.29 Å². The first-order valence-electron chi connectivity index (χ1n) is 7.11. The predicted octanol–water partition coefficient (Wildman–Crippen LogP) is 2.22. The van der Waals surface area contributed by atoms with E-state index in [9.17, 15) is 4.79 Å². The molecular formula is C14H26O6. The van der Waals surface area contributed by atoms with Crippen LogP contribution in [0.3, 0.4) is 0 Å². The number of hydrogen-bond acceptors (Lipinski definition) is 6. The van der Waals surface area contributed by atoms with Gasteiger partial charge in [-0.05, 0) is 27.2 Å². The fourth-order valence-corrected chi connectivity index (χ4v) is 2.61. The number of carbonyl (C=O) groups excluding carboxylic acids is 1. The van der Waals surface area contributed by atoms with Gasteiger partial charge in [-0.2, -0.15) is 0 Å². The molecule has 1 aliphatic rings. The van der Waals surface area contributed by atoms with Crippen molar-refractivity contribution in [2.24, 2.45) is 11.8 Å². The molecule has 0 spiro atoms. The molecule has 0 radical (unpaired) electrons. The van der Waals surface area contributed by atoms with Crippen molar-refractivity contribution in [3.63, 3.8) is 0 Å². The van der Waals surface area contributed by atoms with Gasteiger partial charge in [0.25, 0.3) is 0 Å². The Hall–Kier alpha value is -0.530. The van der Waals surface area contributed by atoms with Crippen LogP contribution in [-0.4, -0.2) is 42.9 Å². The van der Waals surface area contributed by atoms with Gasteiger partial charge >= 0.3 is 0 Å². The molecule has 1 N–H and O–H groups in total. The van der Waals surface area contributed by atoms with Gasteiger partial charge in [0.15, 0.2) is 12.1 Å². The van der Waals surface area contributed by atoms with E-state index in [2.05, 4.69) is 4.89 Å². The number of aldehydes is 1. The molecular weight excluding hydrogens is 264 g/mol. The van der Waals surface area contributed by atoms with Crippen LogP contribution >= 0.6 is 0 Å². The van der Waals surface area contributed by atoms with Gasteiger partial charge in [-0.1, -0.05) is 6.92 Å². The lowest BCUT2D eigenvalue weighted by Crippen LogP contribution is -2.41. The van der Waals surface area contributed by atoms with Gasteiger partial charge in [-0.3, -0.25) is 0 Å². The molecule has 0 saturated carbocycles. The molecule has 0 aliphatic carbocycles. The van der Waals surface area contributed by atoms with Crippen LogP contribution in [0.5, 0.6) is 0 Å². The monoisotopic (exact) mass is 290 g/mol. The highest BCUT2D eigenvalue weighted by atomic mass is 17.1. The average Bonchev–Trinajstić information content (AvgIpc) is 2.84. The summed E-state index contributed by atoms with van der Waals surface area (Å²) in [5, 5.41) is 8.86. The zero-order chi connectivity index (χ0) is 15.2. The van der Waals surface area contributed by atoms with E-state index in [1.807, 2.05) is 27.7 Å². The standard InChI is InChI=1S/C14H26O6/c1-10(2)19-13(20-16)6-5-12(11(3)9-15)14(4)17-7-8-18-14/h9-13,16H,5-8H2,1-4H3. The Bertz CT molecular complexity index is 287. The van der Waals surface area contributed by atoms with E-state index in [-0.39, 0.29) is 17.9 Å². The summed E-state index contributed by atoms with van der Waals surface area (Å²) in [5.41, 5.74) is 0. The van der Waals surface area contributed by atoms with E-state index in [1.165, 1.54) is 0 Å². The lowest BCUT2D eigenvalue weighted by molar-refractivity contribution is -0.355. The van der Waals surface area contributed by atoms with Crippen molar-refractivity contribution in [2.75, 3.05) is 13.2 Å². The minimum Gasteiger partial charge on any atom is -0.348 e. The molecule has 0 bridgehead atoms. The van der Waals surface area contributed by atoms with Crippen LogP contribution in [0.15, 0.2) is 0 Å². The zero-order valence-corrected chi connectivity index (χ0v) is 12.7. The highest BCUT2D eigenvalue weighted by Gasteiger charge is 2.42. The van der Waals surface area contributed by atoms with E-state index >= 15 is 0 Å². The predicted molar refractivity (Wildman–Crippen MR) is 72.0 cm³/mol. The van der Waals surface area contributed by atoms with E-state index < -0.39 is 12.1 Å². The molecule has 3 unspecified atom stereocenters. The third kappa shape index (κ3) is 4.79. The second-order valence-electron chi connectivity index (χ2n) is 5.61. The van der Waals surface area contributed by atoms with Crippen molar-refractivity contribution >= 4 is 6.29 Å². The molecule has 6 nitrogen and oxygen atoms in total. The molecule has 118 valence electrons. The fourth-order valence-electron chi connectivity index (χ4n) is 2.61. The molecule has 1 heterocycles. The lowest BCUT2D eigenvalue weighted by atomic mass is 9.84. The van der Waals surface area contributed by atoms with Crippen molar-refractivity contribution in [1.29, 1.82) is 0 Å². The highest BCUT2D eigenvalue weighted by Crippen LogP contribution is 2.36. The van der Waals surface area contributed by atoms with Crippen LogP contribution < -0.4 is 0 Å². The average molecular weight is 290 g/mol. The first kappa shape index (κ1) is 17.5. The zero-order valence-electron chi connectivity index (χ0n) is 12.7. The number of rotatable bonds is 9. The first-order chi connectivity index (χ1) is 9.42. The second-order valence-corrected chi connectivity index (χ2v) is 5.61. The summed E-state index contributed by atoms with van der Waals surface area (Å²) in [6.07, 6.45) is 1.19. The molecule has 20 heavy (non-hydrogen) atoms. The Morgan fingerprint density at radius 3 is 2.30 bits per heavy atom. The molecule has 6 heteroatoms. The largest absolute Gasteiger partial charge is 0.348 e. The first-order valence-corrected chi connectivity index (χ1v) is 7.11. The Balaban J connectivity index is 2.63. The van der Waals surface area contributed by atoms with Gasteiger partial charge in [0.1, 0.15) is 6.29 Å². The molecule has 0 aromatic carbocycles. The minimum atomic E-state index is -0.766. The summed E-state index contributed by atoms with van der Waals surface area (Å²) < 4.78 is 16.7. The number of ether oxygens (including phenoxy) is 3. The fraction of sp³-hybridized carbons (Fsp3) is 0.929. The lowest BCUT2D eigenvalue weighted by Gasteiger charge is -2.35. The van der Waals surface area contributed by atoms with Gasteiger partial charge < -0.3 is 19.0 Å². The smallest absolute Gasteiger partial charge is 0.191 e. The maximum atomic E-state index is 11.1. The molecule has 3 atom stereocenters. The highest BCUT2D eigenvalue weighted by molar-refractivity contribution is 5.53. The Morgan fingerprint density at radius 1 is 1.25 bits per heavy atom. The SMILES string of the molecule is CC(C)OC(CCC(C(C)C=O)C1(C)OCCO1)OO. The van der Waals surface area contributed by atoms with E-state index in [0.29, 0.717) is 26.1 Å². The maximum Gasteiger partial charge on any atom is 0.191 e. The quantitative estimate of drug-likeness (QED) is 0.304. The number of hydrogen-bond donors (Lipinski definition) is 1. The third-order valence-corrected chi connectivity index (χ3v) is 3.64. The van der Waals surface area contributed by atoms with Crippen molar-refractivity contribution in [1.82, 2.24) is 0 Å². The van der Waals surface area contributed by atoms with Crippen LogP contribution in [0.25, 0.3) is 0 Å². The molecule has 1 saturated heterocycles. The summed E-state index contributed by atoms with van der Waals surface area (Å²) in [6.45, 7) is 8.47. The second kappa shape index (κ2) is 8.05. The van der Waals surface area contributed by atoms with Crippen molar-refractivity contribution < 1.29 is 29.1 Å². The Labute approximate surface area is 120 Å². The third-order valence-electron chi connectivity index (χ3n) is 3.64. The van der Waals surface area contributed by atoms with Gasteiger partial charge in [0.2, 0.25) is 0 Å². The van der Waals surface area contributed by atoms with Crippen molar-refractivity contribution in [2.45, 2.75) is 58.7 Å². The van der Waals surface area contributed by atoms with Crippen LogP contribution in [0, 0.1) is 11.8 Å². The summed E-state index contributed by atoms with van der Waals surface area (Å²) in [5.74, 6) is -1.09. The molecule has 1 aliphatic heterocycles. The number of carbonyl (C=O) groups is 1. The minimum absolute atomic E-state index is 0.0522. The molecule has 0 aromatic heterocycles. The Kier molecular flexibility index (Phi) is 7.05. The van der Waals surface area contributed by atoms with Crippen molar-refractivity contribution in [3.8, 4) is 0 Å². The van der Waals surface area contributed by atoms with Crippen molar-refractivity contribution in [3.05, 3.63) is 0 Å². The Morgan fingerprint density at radius 2 is 1.85 bits per heavy atom. The molecule has 1 rings (SSSR count). The van der Waals surface area contributed by atoms with E-state index in [4.69, 9.17) is 19.5 Å². The van der Waals surface area contributed by atoms with Gasteiger partial charge in [-0.15, -0.1) is 0 Å².